The van der Waals surface area contributed by atoms with Gasteiger partial charge in [0, 0.05) is 16.5 Å². The summed E-state index contributed by atoms with van der Waals surface area (Å²) in [4.78, 5) is 1.07. The number of rotatable bonds is 3. The van der Waals surface area contributed by atoms with Gasteiger partial charge in [-0.15, -0.1) is 5.10 Å². The summed E-state index contributed by atoms with van der Waals surface area (Å²) in [7, 11) is 0. The van der Waals surface area contributed by atoms with Gasteiger partial charge in [0.2, 0.25) is 0 Å². The number of hydrogen-bond acceptors (Lipinski definition) is 4. The largest absolute Gasteiger partial charge is 0.323 e. The maximum absolute atomic E-state index is 6.30. The van der Waals surface area contributed by atoms with E-state index < -0.39 is 0 Å². The lowest BCUT2D eigenvalue weighted by Gasteiger charge is -2.19. The molecule has 2 aromatic rings. The van der Waals surface area contributed by atoms with Crippen LogP contribution in [0.4, 0.5) is 0 Å². The van der Waals surface area contributed by atoms with Crippen molar-refractivity contribution in [3.63, 3.8) is 0 Å². The standard InChI is InChI=1S/C14H18ClN3S/c1-14(2,3)13-12(19-18-17-13)11(16)8-9-4-6-10(15)7-5-9/h4-7,11H,8,16H2,1-3H3. The van der Waals surface area contributed by atoms with Crippen molar-refractivity contribution >= 4 is 23.1 Å². The third-order valence-electron chi connectivity index (χ3n) is 2.93. The van der Waals surface area contributed by atoms with Crippen LogP contribution in [0.15, 0.2) is 24.3 Å². The van der Waals surface area contributed by atoms with Gasteiger partial charge in [0.1, 0.15) is 0 Å². The zero-order valence-electron chi connectivity index (χ0n) is 11.4. The molecule has 5 heteroatoms. The summed E-state index contributed by atoms with van der Waals surface area (Å²) in [5.41, 5.74) is 8.45. The molecule has 0 amide bonds. The van der Waals surface area contributed by atoms with Crippen molar-refractivity contribution in [2.45, 2.75) is 38.6 Å². The molecule has 2 rings (SSSR count). The molecule has 0 aliphatic carbocycles. The molecule has 0 saturated heterocycles. The van der Waals surface area contributed by atoms with E-state index in [1.807, 2.05) is 24.3 Å². The summed E-state index contributed by atoms with van der Waals surface area (Å²) in [6.07, 6.45) is 0.768. The number of nitrogens with two attached hydrogens (primary N) is 1. The zero-order chi connectivity index (χ0) is 14.0. The SMILES string of the molecule is CC(C)(C)c1nnsc1C(N)Cc1ccc(Cl)cc1. The smallest absolute Gasteiger partial charge is 0.0857 e. The van der Waals surface area contributed by atoms with Gasteiger partial charge < -0.3 is 5.73 Å². The number of hydrogen-bond donors (Lipinski definition) is 1. The summed E-state index contributed by atoms with van der Waals surface area (Å²) in [5, 5.41) is 4.97. The Morgan fingerprint density at radius 3 is 2.47 bits per heavy atom. The Kier molecular flexibility index (Phi) is 4.23. The molecule has 2 N–H and O–H groups in total. The van der Waals surface area contributed by atoms with Gasteiger partial charge in [-0.2, -0.15) is 0 Å². The molecule has 0 bridgehead atoms. The van der Waals surface area contributed by atoms with E-state index in [9.17, 15) is 0 Å². The Bertz CT molecular complexity index is 543. The minimum Gasteiger partial charge on any atom is -0.323 e. The minimum absolute atomic E-state index is 0.0278. The van der Waals surface area contributed by atoms with E-state index in [1.54, 1.807) is 0 Å². The lowest BCUT2D eigenvalue weighted by Crippen LogP contribution is -2.20. The first-order valence-corrected chi connectivity index (χ1v) is 7.36. The van der Waals surface area contributed by atoms with Gasteiger partial charge in [-0.1, -0.05) is 49.0 Å². The molecule has 1 aromatic heterocycles. The summed E-state index contributed by atoms with van der Waals surface area (Å²) >= 11 is 7.28. The van der Waals surface area contributed by atoms with Crippen LogP contribution >= 0.6 is 23.1 Å². The van der Waals surface area contributed by atoms with Crippen molar-refractivity contribution in [2.75, 3.05) is 0 Å². The fourth-order valence-electron chi connectivity index (χ4n) is 1.93. The highest BCUT2D eigenvalue weighted by Gasteiger charge is 2.25. The highest BCUT2D eigenvalue weighted by atomic mass is 35.5. The quantitative estimate of drug-likeness (QED) is 0.938. The maximum atomic E-state index is 6.30. The second-order valence-corrected chi connectivity index (χ2v) is 6.90. The molecule has 1 atom stereocenters. The Morgan fingerprint density at radius 2 is 1.89 bits per heavy atom. The van der Waals surface area contributed by atoms with Crippen LogP contribution in [0.25, 0.3) is 0 Å². The Balaban J connectivity index is 2.19. The van der Waals surface area contributed by atoms with E-state index in [0.29, 0.717) is 0 Å². The molecule has 0 aliphatic heterocycles. The van der Waals surface area contributed by atoms with Crippen molar-refractivity contribution in [2.24, 2.45) is 5.73 Å². The number of nitrogens with zero attached hydrogens (tertiary/aromatic N) is 2. The monoisotopic (exact) mass is 295 g/mol. The number of aromatic nitrogens is 2. The zero-order valence-corrected chi connectivity index (χ0v) is 12.9. The fourth-order valence-corrected chi connectivity index (χ4v) is 2.92. The van der Waals surface area contributed by atoms with Crippen molar-refractivity contribution in [3.8, 4) is 0 Å². The predicted molar refractivity (Wildman–Crippen MR) is 80.7 cm³/mol. The van der Waals surface area contributed by atoms with Crippen LogP contribution in [0.3, 0.4) is 0 Å². The molecular formula is C14H18ClN3S. The number of halogens is 1. The van der Waals surface area contributed by atoms with Gasteiger partial charge in [-0.05, 0) is 35.6 Å². The van der Waals surface area contributed by atoms with Crippen molar-refractivity contribution in [1.29, 1.82) is 0 Å². The van der Waals surface area contributed by atoms with Crippen LogP contribution in [0.2, 0.25) is 5.02 Å². The Hall–Kier alpha value is -0.970. The van der Waals surface area contributed by atoms with E-state index in [0.717, 1.165) is 22.0 Å². The van der Waals surface area contributed by atoms with Crippen molar-refractivity contribution in [1.82, 2.24) is 9.59 Å². The van der Waals surface area contributed by atoms with Crippen LogP contribution in [0.1, 0.15) is 42.9 Å². The average Bonchev–Trinajstić information content (AvgIpc) is 2.81. The van der Waals surface area contributed by atoms with Gasteiger partial charge in [-0.25, -0.2) is 0 Å². The molecule has 102 valence electrons. The molecule has 0 spiro atoms. The number of benzene rings is 1. The molecule has 0 aliphatic rings. The molecule has 1 heterocycles. The molecule has 0 radical (unpaired) electrons. The first kappa shape index (κ1) is 14.4. The van der Waals surface area contributed by atoms with E-state index in [-0.39, 0.29) is 11.5 Å². The van der Waals surface area contributed by atoms with Gasteiger partial charge in [0.25, 0.3) is 0 Å². The summed E-state index contributed by atoms with van der Waals surface area (Å²) in [6.45, 7) is 6.38. The highest BCUT2D eigenvalue weighted by molar-refractivity contribution is 7.05. The Labute approximate surface area is 123 Å². The third kappa shape index (κ3) is 3.53. The summed E-state index contributed by atoms with van der Waals surface area (Å²) in [6, 6.07) is 7.72. The molecule has 1 aromatic carbocycles. The summed E-state index contributed by atoms with van der Waals surface area (Å²) in [5.74, 6) is 0. The highest BCUT2D eigenvalue weighted by Crippen LogP contribution is 2.30. The van der Waals surface area contributed by atoms with E-state index in [4.69, 9.17) is 17.3 Å². The molecule has 19 heavy (non-hydrogen) atoms. The van der Waals surface area contributed by atoms with Crippen LogP contribution in [-0.2, 0) is 11.8 Å². The second kappa shape index (κ2) is 5.57. The lowest BCUT2D eigenvalue weighted by molar-refractivity contribution is 0.550. The van der Waals surface area contributed by atoms with E-state index in [2.05, 4.69) is 30.4 Å². The minimum atomic E-state index is -0.0737. The van der Waals surface area contributed by atoms with Crippen LogP contribution in [0, 0.1) is 0 Å². The molecule has 0 saturated carbocycles. The lowest BCUT2D eigenvalue weighted by atomic mass is 9.89. The molecule has 0 fully saturated rings. The third-order valence-corrected chi connectivity index (χ3v) is 4.04. The van der Waals surface area contributed by atoms with Crippen LogP contribution < -0.4 is 5.73 Å². The predicted octanol–water partition coefficient (Wildman–Crippen LogP) is 3.73. The van der Waals surface area contributed by atoms with Gasteiger partial charge in [-0.3, -0.25) is 0 Å². The van der Waals surface area contributed by atoms with Gasteiger partial charge in [0.05, 0.1) is 10.6 Å². The van der Waals surface area contributed by atoms with Crippen LogP contribution in [-0.4, -0.2) is 9.59 Å². The first-order chi connectivity index (χ1) is 8.88. The summed E-state index contributed by atoms with van der Waals surface area (Å²) < 4.78 is 4.06. The second-order valence-electron chi connectivity index (χ2n) is 5.67. The van der Waals surface area contributed by atoms with E-state index in [1.165, 1.54) is 17.1 Å². The molecule has 1 unspecified atom stereocenters. The average molecular weight is 296 g/mol. The van der Waals surface area contributed by atoms with Gasteiger partial charge in [0.15, 0.2) is 0 Å². The fraction of sp³-hybridized carbons (Fsp3) is 0.429. The molecule has 3 nitrogen and oxygen atoms in total. The van der Waals surface area contributed by atoms with Crippen molar-refractivity contribution < 1.29 is 0 Å². The topological polar surface area (TPSA) is 51.8 Å². The van der Waals surface area contributed by atoms with Crippen LogP contribution in [0.5, 0.6) is 0 Å². The first-order valence-electron chi connectivity index (χ1n) is 6.20. The van der Waals surface area contributed by atoms with E-state index >= 15 is 0 Å². The Morgan fingerprint density at radius 1 is 1.26 bits per heavy atom. The van der Waals surface area contributed by atoms with Gasteiger partial charge >= 0.3 is 0 Å². The maximum Gasteiger partial charge on any atom is 0.0857 e. The molecular weight excluding hydrogens is 278 g/mol. The van der Waals surface area contributed by atoms with Crippen molar-refractivity contribution in [3.05, 3.63) is 45.4 Å². The normalized spacial score (nSPS) is 13.5.